The average Bonchev–Trinajstić information content (AvgIpc) is 2.97. The van der Waals surface area contributed by atoms with Gasteiger partial charge in [-0.15, -0.1) is 12.4 Å². The SMILES string of the molecule is CS(=O)(=O)c1ccc(Oc2ccc(CN3CCC(N(C(=O)Nc4ccc(F)cc4)c4ccccc4)CC3)cn2)c(Cl)c1.Cl. The molecule has 12 heteroatoms. The van der Waals surface area contributed by atoms with Gasteiger partial charge in [0.05, 0.1) is 9.92 Å². The smallest absolute Gasteiger partial charge is 0.326 e. The number of carbonyl (C=O) groups is 1. The number of likely N-dealkylation sites (tertiary alicyclic amines) is 1. The first kappa shape index (κ1) is 32.2. The number of halogens is 3. The predicted molar refractivity (Wildman–Crippen MR) is 169 cm³/mol. The Balaban J connectivity index is 0.00000423. The van der Waals surface area contributed by atoms with E-state index in [0.717, 1.165) is 43.4 Å². The number of nitrogens with one attached hydrogen (secondary N) is 1. The molecule has 1 fully saturated rings. The van der Waals surface area contributed by atoms with E-state index < -0.39 is 9.84 Å². The molecule has 0 atom stereocenters. The van der Waals surface area contributed by atoms with Crippen LogP contribution in [-0.2, 0) is 16.4 Å². The molecule has 1 aliphatic rings. The second kappa shape index (κ2) is 14.2. The van der Waals surface area contributed by atoms with E-state index in [9.17, 15) is 17.6 Å². The van der Waals surface area contributed by atoms with E-state index >= 15 is 0 Å². The first-order chi connectivity index (χ1) is 20.2. The lowest BCUT2D eigenvalue weighted by atomic mass is 10.0. The maximum absolute atomic E-state index is 13.4. The Morgan fingerprint density at radius 2 is 1.74 bits per heavy atom. The zero-order valence-electron chi connectivity index (χ0n) is 23.3. The number of amides is 2. The first-order valence-corrected chi connectivity index (χ1v) is 15.7. The number of hydrogen-bond donors (Lipinski definition) is 1. The van der Waals surface area contributed by atoms with Gasteiger partial charge in [-0.2, -0.15) is 0 Å². The molecule has 43 heavy (non-hydrogen) atoms. The molecule has 1 aliphatic heterocycles. The number of hydrogen-bond acceptors (Lipinski definition) is 6. The van der Waals surface area contributed by atoms with Gasteiger partial charge in [0.1, 0.15) is 11.6 Å². The van der Waals surface area contributed by atoms with Crippen LogP contribution >= 0.6 is 24.0 Å². The van der Waals surface area contributed by atoms with Gasteiger partial charge in [0.15, 0.2) is 9.84 Å². The minimum absolute atomic E-state index is 0. The summed E-state index contributed by atoms with van der Waals surface area (Å²) < 4.78 is 42.6. The summed E-state index contributed by atoms with van der Waals surface area (Å²) in [6.45, 7) is 2.27. The van der Waals surface area contributed by atoms with Crippen molar-refractivity contribution in [2.75, 3.05) is 29.6 Å². The molecule has 5 rings (SSSR count). The van der Waals surface area contributed by atoms with E-state index in [1.807, 2.05) is 36.4 Å². The second-order valence-corrected chi connectivity index (χ2v) is 12.5. The van der Waals surface area contributed by atoms with Crippen molar-refractivity contribution in [3.63, 3.8) is 0 Å². The van der Waals surface area contributed by atoms with Gasteiger partial charge in [0.25, 0.3) is 0 Å². The summed E-state index contributed by atoms with van der Waals surface area (Å²) in [6, 6.07) is 23.0. The number of rotatable bonds is 8. The quantitative estimate of drug-likeness (QED) is 0.218. The van der Waals surface area contributed by atoms with Crippen molar-refractivity contribution in [3.8, 4) is 11.6 Å². The number of sulfone groups is 1. The Hall–Kier alpha value is -3.70. The Kier molecular flexibility index (Phi) is 10.6. The van der Waals surface area contributed by atoms with Crippen LogP contribution in [-0.4, -0.2) is 49.7 Å². The van der Waals surface area contributed by atoms with Gasteiger partial charge >= 0.3 is 6.03 Å². The van der Waals surface area contributed by atoms with Crippen LogP contribution in [0.5, 0.6) is 11.6 Å². The summed E-state index contributed by atoms with van der Waals surface area (Å²) in [7, 11) is -3.37. The Morgan fingerprint density at radius 3 is 2.35 bits per heavy atom. The fourth-order valence-corrected chi connectivity index (χ4v) is 5.80. The standard InChI is InChI=1S/C31H30ClFN4O4S.ClH/c1-42(39,40)27-12-13-29(28(32)19-27)41-30-14-7-22(20-34-30)21-36-17-15-26(16-18-36)37(25-5-3-2-4-6-25)31(38)35-24-10-8-23(33)9-11-24;/h2-14,19-20,26H,15-18,21H2,1H3,(H,35,38);1H. The van der Waals surface area contributed by atoms with E-state index in [-0.39, 0.29) is 40.2 Å². The van der Waals surface area contributed by atoms with Gasteiger partial charge in [-0.05, 0) is 73.0 Å². The third-order valence-corrected chi connectivity index (χ3v) is 8.43. The molecule has 3 aromatic carbocycles. The maximum atomic E-state index is 13.4. The lowest BCUT2D eigenvalue weighted by Crippen LogP contribution is -2.49. The van der Waals surface area contributed by atoms with Gasteiger partial charge in [0, 0.05) is 55.6 Å². The van der Waals surface area contributed by atoms with E-state index in [1.165, 1.54) is 30.3 Å². The van der Waals surface area contributed by atoms with E-state index in [2.05, 4.69) is 15.2 Å². The number of benzene rings is 3. The maximum Gasteiger partial charge on any atom is 0.326 e. The number of ether oxygens (including phenoxy) is 1. The van der Waals surface area contributed by atoms with Gasteiger partial charge < -0.3 is 10.1 Å². The van der Waals surface area contributed by atoms with Crippen LogP contribution in [0.4, 0.5) is 20.6 Å². The van der Waals surface area contributed by atoms with Crippen molar-refractivity contribution in [2.24, 2.45) is 0 Å². The molecule has 0 radical (unpaired) electrons. The van der Waals surface area contributed by atoms with Crippen LogP contribution in [0.25, 0.3) is 0 Å². The molecule has 0 saturated carbocycles. The van der Waals surface area contributed by atoms with Crippen molar-refractivity contribution in [2.45, 2.75) is 30.3 Å². The minimum Gasteiger partial charge on any atom is -0.437 e. The van der Waals surface area contributed by atoms with Gasteiger partial charge in [-0.1, -0.05) is 35.9 Å². The Bertz CT molecular complexity index is 1640. The normalized spacial score (nSPS) is 14.0. The van der Waals surface area contributed by atoms with Crippen LogP contribution in [0.15, 0.2) is 96.0 Å². The molecule has 0 bridgehead atoms. The molecule has 2 heterocycles. The molecule has 226 valence electrons. The highest BCUT2D eigenvalue weighted by molar-refractivity contribution is 7.90. The van der Waals surface area contributed by atoms with Gasteiger partial charge in [-0.25, -0.2) is 22.6 Å². The molecule has 0 spiro atoms. The van der Waals surface area contributed by atoms with Crippen LogP contribution < -0.4 is 15.0 Å². The highest BCUT2D eigenvalue weighted by Gasteiger charge is 2.29. The van der Waals surface area contributed by atoms with Gasteiger partial charge in [-0.3, -0.25) is 9.80 Å². The van der Waals surface area contributed by atoms with Crippen LogP contribution in [0.3, 0.4) is 0 Å². The van der Waals surface area contributed by atoms with Crippen molar-refractivity contribution in [1.29, 1.82) is 0 Å². The number of nitrogens with zero attached hydrogens (tertiary/aromatic N) is 3. The summed E-state index contributed by atoms with van der Waals surface area (Å²) in [5.74, 6) is 0.304. The minimum atomic E-state index is -3.37. The molecule has 1 aromatic heterocycles. The number of carbonyl (C=O) groups excluding carboxylic acids is 1. The molecule has 8 nitrogen and oxygen atoms in total. The third-order valence-electron chi connectivity index (χ3n) is 7.02. The molecule has 1 N–H and O–H groups in total. The topological polar surface area (TPSA) is 91.8 Å². The largest absolute Gasteiger partial charge is 0.437 e. The lowest BCUT2D eigenvalue weighted by Gasteiger charge is -2.38. The molecule has 0 unspecified atom stereocenters. The fourth-order valence-electron chi connectivity index (χ4n) is 4.87. The monoisotopic (exact) mass is 644 g/mol. The molecule has 4 aromatic rings. The predicted octanol–water partition coefficient (Wildman–Crippen LogP) is 7.19. The Morgan fingerprint density at radius 1 is 1.05 bits per heavy atom. The third kappa shape index (κ3) is 8.45. The van der Waals surface area contributed by atoms with Crippen LogP contribution in [0, 0.1) is 5.82 Å². The number of pyridine rings is 1. The van der Waals surface area contributed by atoms with E-state index in [0.29, 0.717) is 23.9 Å². The zero-order chi connectivity index (χ0) is 29.7. The van der Waals surface area contributed by atoms with Gasteiger partial charge in [0.2, 0.25) is 5.88 Å². The van der Waals surface area contributed by atoms with E-state index in [1.54, 1.807) is 29.3 Å². The first-order valence-electron chi connectivity index (χ1n) is 13.4. The summed E-state index contributed by atoms with van der Waals surface area (Å²) in [4.78, 5) is 22.0. The summed E-state index contributed by atoms with van der Waals surface area (Å²) in [5, 5.41) is 3.09. The number of piperidine rings is 1. The number of anilines is 2. The molecular formula is C31H31Cl2FN4O4S. The summed E-state index contributed by atoms with van der Waals surface area (Å²) >= 11 is 6.22. The summed E-state index contributed by atoms with van der Waals surface area (Å²) in [6.07, 6.45) is 4.42. The number of urea groups is 1. The molecule has 1 saturated heterocycles. The highest BCUT2D eigenvalue weighted by atomic mass is 35.5. The van der Waals surface area contributed by atoms with Crippen molar-refractivity contribution >= 4 is 51.3 Å². The molecule has 2 amide bonds. The molecule has 0 aliphatic carbocycles. The molecular weight excluding hydrogens is 614 g/mol. The zero-order valence-corrected chi connectivity index (χ0v) is 25.7. The van der Waals surface area contributed by atoms with E-state index in [4.69, 9.17) is 16.3 Å². The van der Waals surface area contributed by atoms with Crippen LogP contribution in [0.2, 0.25) is 5.02 Å². The number of aromatic nitrogens is 1. The highest BCUT2D eigenvalue weighted by Crippen LogP contribution is 2.31. The van der Waals surface area contributed by atoms with Crippen molar-refractivity contribution < 1.29 is 22.3 Å². The average molecular weight is 646 g/mol. The second-order valence-electron chi connectivity index (χ2n) is 10.1. The van der Waals surface area contributed by atoms with Crippen molar-refractivity contribution in [1.82, 2.24) is 9.88 Å². The summed E-state index contributed by atoms with van der Waals surface area (Å²) in [5.41, 5.74) is 2.35. The van der Waals surface area contributed by atoms with Crippen LogP contribution in [0.1, 0.15) is 18.4 Å². The lowest BCUT2D eigenvalue weighted by molar-refractivity contribution is 0.199. The fraction of sp³-hybridized carbons (Fsp3) is 0.226. The Labute approximate surface area is 261 Å². The number of para-hydroxylation sites is 1. The van der Waals surface area contributed by atoms with Crippen molar-refractivity contribution in [3.05, 3.63) is 108 Å².